The molecule has 1 atom stereocenters. The van der Waals surface area contributed by atoms with E-state index in [1.165, 1.54) is 13.0 Å². The van der Waals surface area contributed by atoms with Gasteiger partial charge in [0.05, 0.1) is 19.4 Å². The van der Waals surface area contributed by atoms with Gasteiger partial charge >= 0.3 is 5.97 Å². The standard InChI is InChI=1S/C20H29NO4/c1-5-7-8-16(6-2)14-25-20(23)12-10-17-9-11-18(24-4)13-19(17)21-15(3)22/h9-13,16H,5-8,14H2,1-4H3,(H,21,22)/b12-10+. The first-order valence-electron chi connectivity index (χ1n) is 8.80. The van der Waals surface area contributed by atoms with E-state index >= 15 is 0 Å². The van der Waals surface area contributed by atoms with Gasteiger partial charge in [0.1, 0.15) is 5.75 Å². The van der Waals surface area contributed by atoms with Gasteiger partial charge < -0.3 is 14.8 Å². The van der Waals surface area contributed by atoms with Crippen LogP contribution >= 0.6 is 0 Å². The quantitative estimate of drug-likeness (QED) is 0.502. The van der Waals surface area contributed by atoms with Crippen LogP contribution in [0.3, 0.4) is 0 Å². The van der Waals surface area contributed by atoms with Gasteiger partial charge in [-0.3, -0.25) is 4.79 Å². The number of carbonyl (C=O) groups is 2. The highest BCUT2D eigenvalue weighted by atomic mass is 16.5. The molecule has 0 radical (unpaired) electrons. The number of carbonyl (C=O) groups excluding carboxylic acids is 2. The lowest BCUT2D eigenvalue weighted by molar-refractivity contribution is -0.139. The van der Waals surface area contributed by atoms with Gasteiger partial charge in [0.25, 0.3) is 0 Å². The molecule has 0 bridgehead atoms. The fourth-order valence-corrected chi connectivity index (χ4v) is 2.41. The Morgan fingerprint density at radius 3 is 2.64 bits per heavy atom. The molecule has 1 unspecified atom stereocenters. The SMILES string of the molecule is CCCCC(CC)COC(=O)/C=C/c1ccc(OC)cc1NC(C)=O. The lowest BCUT2D eigenvalue weighted by atomic mass is 10.0. The normalized spacial score (nSPS) is 12.0. The molecule has 1 N–H and O–H groups in total. The van der Waals surface area contributed by atoms with Gasteiger partial charge in [-0.05, 0) is 36.1 Å². The Labute approximate surface area is 150 Å². The van der Waals surface area contributed by atoms with Gasteiger partial charge in [-0.2, -0.15) is 0 Å². The Bertz CT molecular complexity index is 595. The van der Waals surface area contributed by atoms with E-state index in [1.807, 2.05) is 0 Å². The Morgan fingerprint density at radius 2 is 2.04 bits per heavy atom. The number of methoxy groups -OCH3 is 1. The van der Waals surface area contributed by atoms with Crippen LogP contribution in [0.25, 0.3) is 6.08 Å². The van der Waals surface area contributed by atoms with E-state index in [4.69, 9.17) is 9.47 Å². The van der Waals surface area contributed by atoms with Crippen molar-refractivity contribution in [2.24, 2.45) is 5.92 Å². The minimum absolute atomic E-state index is 0.188. The van der Waals surface area contributed by atoms with Gasteiger partial charge in [-0.1, -0.05) is 33.1 Å². The molecule has 0 spiro atoms. The third-order valence-corrected chi connectivity index (χ3v) is 3.97. The van der Waals surface area contributed by atoms with E-state index in [2.05, 4.69) is 19.2 Å². The van der Waals surface area contributed by atoms with Crippen LogP contribution in [0.15, 0.2) is 24.3 Å². The first-order valence-corrected chi connectivity index (χ1v) is 8.80. The number of amides is 1. The Morgan fingerprint density at radius 1 is 1.28 bits per heavy atom. The largest absolute Gasteiger partial charge is 0.497 e. The number of benzene rings is 1. The van der Waals surface area contributed by atoms with E-state index in [-0.39, 0.29) is 11.9 Å². The van der Waals surface area contributed by atoms with Crippen molar-refractivity contribution in [2.45, 2.75) is 46.5 Å². The third kappa shape index (κ3) is 7.88. The molecule has 0 aliphatic rings. The number of hydrogen-bond acceptors (Lipinski definition) is 4. The number of rotatable bonds is 10. The summed E-state index contributed by atoms with van der Waals surface area (Å²) in [6, 6.07) is 5.27. The second-order valence-corrected chi connectivity index (χ2v) is 6.01. The fraction of sp³-hybridized carbons (Fsp3) is 0.500. The van der Waals surface area contributed by atoms with Crippen molar-refractivity contribution in [1.29, 1.82) is 0 Å². The van der Waals surface area contributed by atoms with E-state index in [9.17, 15) is 9.59 Å². The van der Waals surface area contributed by atoms with Crippen molar-refractivity contribution in [3.63, 3.8) is 0 Å². The Balaban J connectivity index is 2.70. The van der Waals surface area contributed by atoms with Gasteiger partial charge in [-0.25, -0.2) is 4.79 Å². The third-order valence-electron chi connectivity index (χ3n) is 3.97. The molecule has 0 aliphatic carbocycles. The van der Waals surface area contributed by atoms with Gasteiger partial charge in [-0.15, -0.1) is 0 Å². The molecule has 5 heteroatoms. The second kappa shape index (κ2) is 11.3. The van der Waals surface area contributed by atoms with Crippen molar-refractivity contribution in [1.82, 2.24) is 0 Å². The van der Waals surface area contributed by atoms with Gasteiger partial charge in [0.15, 0.2) is 0 Å². The van der Waals surface area contributed by atoms with Crippen LogP contribution < -0.4 is 10.1 Å². The summed E-state index contributed by atoms with van der Waals surface area (Å²) >= 11 is 0. The molecule has 0 aromatic heterocycles. The molecular weight excluding hydrogens is 318 g/mol. The minimum Gasteiger partial charge on any atom is -0.497 e. The molecule has 0 saturated carbocycles. The summed E-state index contributed by atoms with van der Waals surface area (Å²) in [5.41, 5.74) is 1.30. The summed E-state index contributed by atoms with van der Waals surface area (Å²) in [5.74, 6) is 0.477. The average Bonchev–Trinajstić information content (AvgIpc) is 2.60. The van der Waals surface area contributed by atoms with Crippen LogP contribution in [0.2, 0.25) is 0 Å². The molecule has 1 aromatic carbocycles. The van der Waals surface area contributed by atoms with Crippen LogP contribution in [-0.2, 0) is 14.3 Å². The van der Waals surface area contributed by atoms with Crippen LogP contribution in [0.1, 0.15) is 52.0 Å². The molecule has 0 heterocycles. The number of esters is 1. The van der Waals surface area contributed by atoms with Crippen LogP contribution in [0.4, 0.5) is 5.69 Å². The van der Waals surface area contributed by atoms with Crippen molar-refractivity contribution in [2.75, 3.05) is 19.0 Å². The lowest BCUT2D eigenvalue weighted by Crippen LogP contribution is -2.12. The fourth-order valence-electron chi connectivity index (χ4n) is 2.41. The lowest BCUT2D eigenvalue weighted by Gasteiger charge is -2.13. The van der Waals surface area contributed by atoms with E-state index in [0.29, 0.717) is 29.5 Å². The highest BCUT2D eigenvalue weighted by molar-refractivity contribution is 5.93. The topological polar surface area (TPSA) is 64.6 Å². The van der Waals surface area contributed by atoms with Gasteiger partial charge in [0, 0.05) is 19.1 Å². The zero-order valence-corrected chi connectivity index (χ0v) is 15.6. The van der Waals surface area contributed by atoms with Crippen molar-refractivity contribution >= 4 is 23.6 Å². The number of hydrogen-bond donors (Lipinski definition) is 1. The highest BCUT2D eigenvalue weighted by Crippen LogP contribution is 2.24. The molecular formula is C20H29NO4. The zero-order valence-electron chi connectivity index (χ0n) is 15.6. The number of nitrogens with one attached hydrogen (secondary N) is 1. The van der Waals surface area contributed by atoms with Gasteiger partial charge in [0.2, 0.25) is 5.91 Å². The van der Waals surface area contributed by atoms with E-state index in [0.717, 1.165) is 25.7 Å². The predicted octanol–water partition coefficient (Wildman–Crippen LogP) is 4.43. The summed E-state index contributed by atoms with van der Waals surface area (Å²) < 4.78 is 10.5. The maximum Gasteiger partial charge on any atom is 0.330 e. The first-order chi connectivity index (χ1) is 12.0. The molecule has 0 aliphatic heterocycles. The molecule has 25 heavy (non-hydrogen) atoms. The monoisotopic (exact) mass is 347 g/mol. The maximum atomic E-state index is 11.9. The summed E-state index contributed by atoms with van der Waals surface area (Å²) in [6.07, 6.45) is 7.41. The minimum atomic E-state index is -0.375. The number of anilines is 1. The molecule has 1 amide bonds. The van der Waals surface area contributed by atoms with E-state index < -0.39 is 0 Å². The molecule has 1 aromatic rings. The highest BCUT2D eigenvalue weighted by Gasteiger charge is 2.09. The van der Waals surface area contributed by atoms with Crippen molar-refractivity contribution in [3.05, 3.63) is 29.8 Å². The molecule has 1 rings (SSSR count). The molecule has 138 valence electrons. The van der Waals surface area contributed by atoms with Crippen LogP contribution in [0, 0.1) is 5.92 Å². The number of ether oxygens (including phenoxy) is 2. The number of unbranched alkanes of at least 4 members (excludes halogenated alkanes) is 1. The molecule has 0 saturated heterocycles. The molecule has 0 fully saturated rings. The van der Waals surface area contributed by atoms with Crippen LogP contribution in [0.5, 0.6) is 5.75 Å². The predicted molar refractivity (Wildman–Crippen MR) is 101 cm³/mol. The maximum absolute atomic E-state index is 11.9. The van der Waals surface area contributed by atoms with Crippen LogP contribution in [-0.4, -0.2) is 25.6 Å². The Kier molecular flexibility index (Phi) is 9.37. The zero-order chi connectivity index (χ0) is 18.7. The summed E-state index contributed by atoms with van der Waals surface area (Å²) in [7, 11) is 1.56. The Hall–Kier alpha value is -2.30. The summed E-state index contributed by atoms with van der Waals surface area (Å²) in [4.78, 5) is 23.3. The summed E-state index contributed by atoms with van der Waals surface area (Å²) in [5, 5.41) is 2.73. The first kappa shape index (κ1) is 20.7. The summed E-state index contributed by atoms with van der Waals surface area (Å²) in [6.45, 7) is 6.15. The average molecular weight is 347 g/mol. The smallest absolute Gasteiger partial charge is 0.330 e. The van der Waals surface area contributed by atoms with Crippen molar-refractivity contribution in [3.8, 4) is 5.75 Å². The second-order valence-electron chi connectivity index (χ2n) is 6.01. The molecule has 5 nitrogen and oxygen atoms in total. The van der Waals surface area contributed by atoms with Crippen molar-refractivity contribution < 1.29 is 19.1 Å². The van der Waals surface area contributed by atoms with E-state index in [1.54, 1.807) is 31.4 Å².